The van der Waals surface area contributed by atoms with Crippen molar-refractivity contribution in [2.75, 3.05) is 6.61 Å². The average Bonchev–Trinajstić information content (AvgIpc) is 3.34. The number of rotatable bonds is 5. The predicted octanol–water partition coefficient (Wildman–Crippen LogP) is 4.31. The third-order valence-corrected chi connectivity index (χ3v) is 5.12. The summed E-state index contributed by atoms with van der Waals surface area (Å²) in [4.78, 5) is 11.3. The van der Waals surface area contributed by atoms with Crippen molar-refractivity contribution in [2.45, 2.75) is 57.8 Å². The summed E-state index contributed by atoms with van der Waals surface area (Å²) in [6.45, 7) is 2.46. The number of carbonyl (C=O) groups excluding carboxylic acids is 1. The number of hydrogen-bond donors (Lipinski definition) is 0. The van der Waals surface area contributed by atoms with Gasteiger partial charge in [-0.1, -0.05) is 6.08 Å². The van der Waals surface area contributed by atoms with E-state index in [1.165, 1.54) is 0 Å². The van der Waals surface area contributed by atoms with Gasteiger partial charge in [-0.3, -0.25) is 0 Å². The summed E-state index contributed by atoms with van der Waals surface area (Å²) in [6.07, 6.45) is 4.12. The van der Waals surface area contributed by atoms with Gasteiger partial charge in [-0.2, -0.15) is 0 Å². The summed E-state index contributed by atoms with van der Waals surface area (Å²) < 4.78 is 33.1. The van der Waals surface area contributed by atoms with Crippen LogP contribution < -0.4 is 0 Å². The van der Waals surface area contributed by atoms with Crippen LogP contribution in [0.25, 0.3) is 0 Å². The molecule has 1 fully saturated rings. The molecule has 0 heterocycles. The van der Waals surface area contributed by atoms with Gasteiger partial charge in [-0.25, -0.2) is 8.78 Å². The second-order valence-electron chi connectivity index (χ2n) is 6.75. The van der Waals surface area contributed by atoms with Crippen molar-refractivity contribution in [3.63, 3.8) is 0 Å². The van der Waals surface area contributed by atoms with Gasteiger partial charge in [0, 0.05) is 25.2 Å². The van der Waals surface area contributed by atoms with E-state index in [4.69, 9.17) is 4.74 Å². The van der Waals surface area contributed by atoms with Gasteiger partial charge in [0.15, 0.2) is 0 Å². The maximum atomic E-state index is 13.8. The first-order valence-corrected chi connectivity index (χ1v) is 8.42. The Bertz CT molecular complexity index is 493. The van der Waals surface area contributed by atoms with Crippen molar-refractivity contribution < 1.29 is 18.3 Å². The average molecular weight is 310 g/mol. The molecule has 122 valence electrons. The molecule has 0 aromatic heterocycles. The fourth-order valence-electron chi connectivity index (χ4n) is 3.88. The molecule has 0 aliphatic heterocycles. The molecule has 4 heteroatoms. The zero-order valence-corrected chi connectivity index (χ0v) is 13.1. The molecule has 0 amide bonds. The normalized spacial score (nSPS) is 36.0. The van der Waals surface area contributed by atoms with Crippen molar-refractivity contribution in [1.82, 2.24) is 0 Å². The van der Waals surface area contributed by atoms with Gasteiger partial charge in [0.05, 0.1) is 6.61 Å². The van der Waals surface area contributed by atoms with Crippen molar-refractivity contribution in [2.24, 2.45) is 17.8 Å². The molecule has 0 radical (unpaired) electrons. The minimum Gasteiger partial charge on any atom is -0.498 e. The predicted molar refractivity (Wildman–Crippen MR) is 80.8 cm³/mol. The largest absolute Gasteiger partial charge is 0.498 e. The maximum Gasteiger partial charge on any atom is 0.135 e. The first-order chi connectivity index (χ1) is 10.6. The molecule has 22 heavy (non-hydrogen) atoms. The Morgan fingerprint density at radius 3 is 2.64 bits per heavy atom. The van der Waals surface area contributed by atoms with Gasteiger partial charge < -0.3 is 9.53 Å². The Morgan fingerprint density at radius 2 is 2.05 bits per heavy atom. The van der Waals surface area contributed by atoms with E-state index in [0.29, 0.717) is 18.9 Å². The summed E-state index contributed by atoms with van der Waals surface area (Å²) in [5.41, 5.74) is 2.02. The van der Waals surface area contributed by atoms with Gasteiger partial charge in [0.2, 0.25) is 0 Å². The number of halogens is 2. The van der Waals surface area contributed by atoms with E-state index in [1.54, 1.807) is 0 Å². The molecule has 3 aliphatic carbocycles. The Labute approximate surface area is 130 Å². The topological polar surface area (TPSA) is 26.3 Å². The third-order valence-electron chi connectivity index (χ3n) is 5.12. The van der Waals surface area contributed by atoms with Crippen LogP contribution in [0.3, 0.4) is 0 Å². The van der Waals surface area contributed by atoms with Crippen molar-refractivity contribution in [3.05, 3.63) is 23.0 Å². The van der Waals surface area contributed by atoms with E-state index in [9.17, 15) is 13.6 Å². The number of ether oxygens (including phenoxy) is 1. The van der Waals surface area contributed by atoms with Gasteiger partial charge in [-0.05, 0) is 49.2 Å². The highest BCUT2D eigenvalue weighted by Gasteiger charge is 2.42. The van der Waals surface area contributed by atoms with Gasteiger partial charge in [0.1, 0.15) is 24.4 Å². The smallest absolute Gasteiger partial charge is 0.135 e. The second-order valence-corrected chi connectivity index (χ2v) is 6.75. The number of alkyl halides is 2. The van der Waals surface area contributed by atoms with E-state index in [0.717, 1.165) is 42.5 Å². The van der Waals surface area contributed by atoms with Crippen LogP contribution in [0.4, 0.5) is 8.78 Å². The molecule has 0 saturated heterocycles. The van der Waals surface area contributed by atoms with Crippen LogP contribution >= 0.6 is 0 Å². The number of allylic oxidation sites excluding steroid dienone is 4. The van der Waals surface area contributed by atoms with E-state index >= 15 is 0 Å². The fraction of sp³-hybridized carbons (Fsp3) is 0.722. The third kappa shape index (κ3) is 3.11. The van der Waals surface area contributed by atoms with Gasteiger partial charge in [-0.15, -0.1) is 0 Å². The Balaban J connectivity index is 1.95. The fourth-order valence-corrected chi connectivity index (χ4v) is 3.88. The zero-order chi connectivity index (χ0) is 15.7. The number of hydrogen-bond acceptors (Lipinski definition) is 2. The molecular formula is C18H24F2O2. The first kappa shape index (κ1) is 15.7. The lowest BCUT2D eigenvalue weighted by atomic mass is 9.73. The van der Waals surface area contributed by atoms with Crippen LogP contribution in [0.2, 0.25) is 0 Å². The van der Waals surface area contributed by atoms with Gasteiger partial charge in [0.25, 0.3) is 0 Å². The zero-order valence-electron chi connectivity index (χ0n) is 13.1. The molecule has 0 aromatic rings. The molecule has 0 unspecified atom stereocenters. The lowest BCUT2D eigenvalue weighted by Crippen LogP contribution is -2.28. The first-order valence-electron chi connectivity index (χ1n) is 8.42. The highest BCUT2D eigenvalue weighted by atomic mass is 19.2. The quantitative estimate of drug-likeness (QED) is 0.707. The van der Waals surface area contributed by atoms with Crippen molar-refractivity contribution in [3.8, 4) is 0 Å². The van der Waals surface area contributed by atoms with Crippen LogP contribution in [0, 0.1) is 17.8 Å². The molecule has 4 atom stereocenters. The number of carbonyl (C=O) groups is 1. The van der Waals surface area contributed by atoms with Crippen LogP contribution in [-0.2, 0) is 9.53 Å². The van der Waals surface area contributed by atoms with Crippen LogP contribution in [-0.4, -0.2) is 25.2 Å². The van der Waals surface area contributed by atoms with Crippen molar-refractivity contribution >= 4 is 6.29 Å². The van der Waals surface area contributed by atoms with Crippen LogP contribution in [0.5, 0.6) is 0 Å². The summed E-state index contributed by atoms with van der Waals surface area (Å²) in [7, 11) is 0. The van der Waals surface area contributed by atoms with E-state index in [1.807, 2.05) is 13.0 Å². The Hall–Kier alpha value is -1.19. The monoisotopic (exact) mass is 310 g/mol. The minimum atomic E-state index is -1.42. The summed E-state index contributed by atoms with van der Waals surface area (Å²) in [6, 6.07) is 0. The highest BCUT2D eigenvalue weighted by molar-refractivity contribution is 5.56. The molecule has 0 aromatic carbocycles. The standard InChI is InChI=1S/C18H24F2O2/c1-2-22-17-8-11(10-21)7-14(12-3-4-12)18(17)13-5-6-15(19)16(20)9-13/h5,10-12,14-16H,2-4,6-9H2,1H3/t11-,14-,15+,16-/m1/s1. The SMILES string of the molecule is CCOC1=C(C2=CC[C@H](F)[C@H](F)C2)[C@@H](C2CC2)C[C@@H](C=O)C1. The molecule has 0 spiro atoms. The second kappa shape index (κ2) is 6.51. The minimum absolute atomic E-state index is 0.00446. The number of aldehydes is 1. The molecular weight excluding hydrogens is 286 g/mol. The molecule has 0 bridgehead atoms. The van der Waals surface area contributed by atoms with Crippen LogP contribution in [0.1, 0.15) is 45.4 Å². The molecule has 0 N–H and O–H groups in total. The molecule has 1 saturated carbocycles. The molecule has 2 nitrogen and oxygen atoms in total. The molecule has 3 aliphatic rings. The van der Waals surface area contributed by atoms with Crippen LogP contribution in [0.15, 0.2) is 23.0 Å². The maximum absolute atomic E-state index is 13.8. The van der Waals surface area contributed by atoms with E-state index in [2.05, 4.69) is 0 Å². The molecule has 3 rings (SSSR count). The Kier molecular flexibility index (Phi) is 4.65. The summed E-state index contributed by atoms with van der Waals surface area (Å²) in [5.74, 6) is 1.70. The Morgan fingerprint density at radius 1 is 1.27 bits per heavy atom. The van der Waals surface area contributed by atoms with E-state index in [-0.39, 0.29) is 24.7 Å². The summed E-state index contributed by atoms with van der Waals surface area (Å²) >= 11 is 0. The van der Waals surface area contributed by atoms with Gasteiger partial charge >= 0.3 is 0 Å². The van der Waals surface area contributed by atoms with Crippen molar-refractivity contribution in [1.29, 1.82) is 0 Å². The summed E-state index contributed by atoms with van der Waals surface area (Å²) in [5, 5.41) is 0. The lowest BCUT2D eigenvalue weighted by Gasteiger charge is -2.34. The van der Waals surface area contributed by atoms with E-state index < -0.39 is 12.3 Å². The lowest BCUT2D eigenvalue weighted by molar-refractivity contribution is -0.112. The highest BCUT2D eigenvalue weighted by Crippen LogP contribution is 2.51.